The van der Waals surface area contributed by atoms with Crippen molar-refractivity contribution >= 4 is 11.6 Å². The number of hydrogen-bond donors (Lipinski definition) is 1. The summed E-state index contributed by atoms with van der Waals surface area (Å²) in [6, 6.07) is 21.7. The fourth-order valence-corrected chi connectivity index (χ4v) is 3.11. The molecule has 0 spiro atoms. The van der Waals surface area contributed by atoms with Crippen molar-refractivity contribution < 1.29 is 14.2 Å². The summed E-state index contributed by atoms with van der Waals surface area (Å²) in [5, 5.41) is 4.17. The number of hydrogen-bond acceptors (Lipinski definition) is 4. The Morgan fingerprint density at radius 2 is 1.55 bits per heavy atom. The summed E-state index contributed by atoms with van der Waals surface area (Å²) in [5.41, 5.74) is 3.31. The van der Waals surface area contributed by atoms with Gasteiger partial charge in [0.05, 0.1) is 13.7 Å². The second-order valence-corrected chi connectivity index (χ2v) is 6.98. The van der Waals surface area contributed by atoms with Gasteiger partial charge in [0.15, 0.2) is 11.5 Å². The Kier molecular flexibility index (Phi) is 7.79. The highest BCUT2D eigenvalue weighted by atomic mass is 35.5. The third kappa shape index (κ3) is 6.14. The zero-order chi connectivity index (χ0) is 20.5. The summed E-state index contributed by atoms with van der Waals surface area (Å²) in [4.78, 5) is 0. The van der Waals surface area contributed by atoms with Gasteiger partial charge in [-0.3, -0.25) is 0 Å². The monoisotopic (exact) mass is 411 g/mol. The van der Waals surface area contributed by atoms with Crippen LogP contribution in [-0.2, 0) is 19.7 Å². The van der Waals surface area contributed by atoms with Gasteiger partial charge in [-0.2, -0.15) is 0 Å². The lowest BCUT2D eigenvalue weighted by Crippen LogP contribution is -2.13. The molecule has 5 heteroatoms. The molecule has 3 aromatic rings. The predicted molar refractivity (Wildman–Crippen MR) is 117 cm³/mol. The number of rotatable bonds is 10. The first-order chi connectivity index (χ1) is 14.2. The highest BCUT2D eigenvalue weighted by Gasteiger charge is 2.08. The Morgan fingerprint density at radius 1 is 0.793 bits per heavy atom. The maximum Gasteiger partial charge on any atom is 0.161 e. The van der Waals surface area contributed by atoms with Crippen molar-refractivity contribution in [3.63, 3.8) is 0 Å². The average molecular weight is 412 g/mol. The van der Waals surface area contributed by atoms with E-state index in [0.717, 1.165) is 47.0 Å². The lowest BCUT2D eigenvalue weighted by atomic mass is 10.1. The van der Waals surface area contributed by atoms with E-state index in [4.69, 9.17) is 25.8 Å². The van der Waals surface area contributed by atoms with E-state index in [9.17, 15) is 0 Å². The maximum absolute atomic E-state index is 5.97. The van der Waals surface area contributed by atoms with Gasteiger partial charge in [0.25, 0.3) is 0 Å². The molecule has 0 unspecified atom stereocenters. The van der Waals surface area contributed by atoms with Gasteiger partial charge in [0, 0.05) is 23.7 Å². The number of benzene rings is 3. The Morgan fingerprint density at radius 3 is 2.31 bits per heavy atom. The van der Waals surface area contributed by atoms with Crippen molar-refractivity contribution in [2.75, 3.05) is 13.7 Å². The van der Waals surface area contributed by atoms with Crippen LogP contribution in [0.2, 0.25) is 5.02 Å². The van der Waals surface area contributed by atoms with Crippen molar-refractivity contribution in [3.05, 3.63) is 88.4 Å². The average Bonchev–Trinajstić information content (AvgIpc) is 2.75. The molecule has 0 radical (unpaired) electrons. The zero-order valence-corrected chi connectivity index (χ0v) is 17.5. The van der Waals surface area contributed by atoms with E-state index in [1.54, 1.807) is 7.11 Å². The van der Waals surface area contributed by atoms with Crippen LogP contribution < -0.4 is 19.5 Å². The standard InChI is InChI=1S/C24H26ClNO3/c1-3-28-24-14-19(15-26-16-20-6-4-5-7-22(20)27-2)10-13-23(24)29-17-18-8-11-21(25)12-9-18/h4-14,26H,3,15-17H2,1-2H3. The molecule has 0 saturated heterocycles. The molecule has 0 amide bonds. The molecule has 29 heavy (non-hydrogen) atoms. The summed E-state index contributed by atoms with van der Waals surface area (Å²) in [5.74, 6) is 2.37. The van der Waals surface area contributed by atoms with Crippen molar-refractivity contribution in [3.8, 4) is 17.2 Å². The molecule has 0 bridgehead atoms. The fourth-order valence-electron chi connectivity index (χ4n) is 2.98. The highest BCUT2D eigenvalue weighted by Crippen LogP contribution is 2.29. The SMILES string of the molecule is CCOc1cc(CNCc2ccccc2OC)ccc1OCc1ccc(Cl)cc1. The lowest BCUT2D eigenvalue weighted by Gasteiger charge is -2.14. The van der Waals surface area contributed by atoms with Crippen LogP contribution in [0.15, 0.2) is 66.7 Å². The van der Waals surface area contributed by atoms with E-state index in [0.29, 0.717) is 18.2 Å². The van der Waals surface area contributed by atoms with Crippen molar-refractivity contribution in [2.24, 2.45) is 0 Å². The van der Waals surface area contributed by atoms with E-state index in [1.807, 2.05) is 61.5 Å². The number of ether oxygens (including phenoxy) is 3. The Hall–Kier alpha value is -2.69. The van der Waals surface area contributed by atoms with E-state index < -0.39 is 0 Å². The molecule has 0 aromatic heterocycles. The molecule has 0 saturated carbocycles. The van der Waals surface area contributed by atoms with Crippen LogP contribution in [0.4, 0.5) is 0 Å². The molecule has 152 valence electrons. The number of nitrogens with one attached hydrogen (secondary N) is 1. The summed E-state index contributed by atoms with van der Waals surface area (Å²) in [7, 11) is 1.69. The third-order valence-electron chi connectivity index (χ3n) is 4.45. The molecular weight excluding hydrogens is 386 g/mol. The molecule has 0 aliphatic rings. The van der Waals surface area contributed by atoms with E-state index in [1.165, 1.54) is 0 Å². The smallest absolute Gasteiger partial charge is 0.161 e. The lowest BCUT2D eigenvalue weighted by molar-refractivity contribution is 0.269. The Balaban J connectivity index is 1.61. The Labute approximate surface area is 177 Å². The van der Waals surface area contributed by atoms with Gasteiger partial charge < -0.3 is 19.5 Å². The summed E-state index contributed by atoms with van der Waals surface area (Å²) in [6.45, 7) is 4.45. The van der Waals surface area contributed by atoms with Crippen LogP contribution in [0.25, 0.3) is 0 Å². The normalized spacial score (nSPS) is 10.6. The summed E-state index contributed by atoms with van der Waals surface area (Å²) < 4.78 is 17.2. The minimum atomic E-state index is 0.461. The van der Waals surface area contributed by atoms with Gasteiger partial charge >= 0.3 is 0 Å². The first-order valence-electron chi connectivity index (χ1n) is 9.65. The van der Waals surface area contributed by atoms with Crippen LogP contribution in [-0.4, -0.2) is 13.7 Å². The first kappa shape index (κ1) is 21.0. The van der Waals surface area contributed by atoms with Gasteiger partial charge in [-0.1, -0.05) is 48.0 Å². The number of para-hydroxylation sites is 1. The van der Waals surface area contributed by atoms with E-state index in [-0.39, 0.29) is 0 Å². The topological polar surface area (TPSA) is 39.7 Å². The van der Waals surface area contributed by atoms with Crippen LogP contribution in [0, 0.1) is 0 Å². The molecule has 3 aromatic carbocycles. The van der Waals surface area contributed by atoms with Crippen LogP contribution in [0.5, 0.6) is 17.2 Å². The molecule has 0 aliphatic heterocycles. The molecule has 1 N–H and O–H groups in total. The second kappa shape index (κ2) is 10.7. The molecule has 4 nitrogen and oxygen atoms in total. The molecule has 3 rings (SSSR count). The number of halogens is 1. The minimum Gasteiger partial charge on any atom is -0.496 e. The van der Waals surface area contributed by atoms with E-state index >= 15 is 0 Å². The number of methoxy groups -OCH3 is 1. The van der Waals surface area contributed by atoms with Gasteiger partial charge in [-0.05, 0) is 48.4 Å². The zero-order valence-electron chi connectivity index (χ0n) is 16.8. The predicted octanol–water partition coefficient (Wildman–Crippen LogP) is 5.62. The van der Waals surface area contributed by atoms with Gasteiger partial charge in [0.1, 0.15) is 12.4 Å². The van der Waals surface area contributed by atoms with Gasteiger partial charge in [-0.15, -0.1) is 0 Å². The molecule has 0 fully saturated rings. The Bertz CT molecular complexity index is 912. The van der Waals surface area contributed by atoms with Crippen molar-refractivity contribution in [1.82, 2.24) is 5.32 Å². The van der Waals surface area contributed by atoms with Crippen molar-refractivity contribution in [1.29, 1.82) is 0 Å². The fraction of sp³-hybridized carbons (Fsp3) is 0.250. The quantitative estimate of drug-likeness (QED) is 0.470. The minimum absolute atomic E-state index is 0.461. The highest BCUT2D eigenvalue weighted by molar-refractivity contribution is 6.30. The van der Waals surface area contributed by atoms with Gasteiger partial charge in [-0.25, -0.2) is 0 Å². The second-order valence-electron chi connectivity index (χ2n) is 6.54. The van der Waals surface area contributed by atoms with Crippen LogP contribution >= 0.6 is 11.6 Å². The molecule has 0 heterocycles. The largest absolute Gasteiger partial charge is 0.496 e. The summed E-state index contributed by atoms with van der Waals surface area (Å²) in [6.07, 6.45) is 0. The van der Waals surface area contributed by atoms with Crippen molar-refractivity contribution in [2.45, 2.75) is 26.6 Å². The molecule has 0 aliphatic carbocycles. The first-order valence-corrected chi connectivity index (χ1v) is 10.0. The molecular formula is C24H26ClNO3. The van der Waals surface area contributed by atoms with E-state index in [2.05, 4.69) is 17.4 Å². The maximum atomic E-state index is 5.97. The third-order valence-corrected chi connectivity index (χ3v) is 4.70. The van der Waals surface area contributed by atoms with Crippen LogP contribution in [0.3, 0.4) is 0 Å². The summed E-state index contributed by atoms with van der Waals surface area (Å²) >= 11 is 5.94. The molecule has 0 atom stereocenters. The van der Waals surface area contributed by atoms with Gasteiger partial charge in [0.2, 0.25) is 0 Å². The van der Waals surface area contributed by atoms with Crippen LogP contribution in [0.1, 0.15) is 23.6 Å².